The maximum atomic E-state index is 12.0. The fourth-order valence-corrected chi connectivity index (χ4v) is 2.87. The Labute approximate surface area is 150 Å². The van der Waals surface area contributed by atoms with Crippen LogP contribution in [0.2, 0.25) is 0 Å². The second-order valence-electron chi connectivity index (χ2n) is 6.32. The second kappa shape index (κ2) is 8.78. The van der Waals surface area contributed by atoms with Crippen LogP contribution in [0.15, 0.2) is 64.6 Å². The van der Waals surface area contributed by atoms with E-state index in [0.29, 0.717) is 12.0 Å². The molecule has 0 unspecified atom stereocenters. The molecule has 2 N–H and O–H groups in total. The lowest BCUT2D eigenvalue weighted by atomic mass is 10.1. The Balaban J connectivity index is 1.91. The van der Waals surface area contributed by atoms with Gasteiger partial charge in [0.2, 0.25) is 0 Å². The van der Waals surface area contributed by atoms with Crippen LogP contribution in [-0.4, -0.2) is 20.7 Å². The molecule has 1 atom stereocenters. The fourth-order valence-electron chi connectivity index (χ4n) is 2.06. The predicted octanol–water partition coefficient (Wildman–Crippen LogP) is 3.13. The first-order chi connectivity index (χ1) is 11.9. The van der Waals surface area contributed by atoms with Gasteiger partial charge in [-0.25, -0.2) is 4.83 Å². The topological polar surface area (TPSA) is 70.6 Å². The normalized spacial score (nSPS) is 13.3. The molecule has 2 aromatic carbocycles. The highest BCUT2D eigenvalue weighted by molar-refractivity contribution is 7.89. The molecular formula is C19H25N3O2S. The van der Waals surface area contributed by atoms with E-state index in [1.54, 1.807) is 18.2 Å². The molecule has 0 heterocycles. The molecule has 134 valence electrons. The van der Waals surface area contributed by atoms with Crippen LogP contribution in [0, 0.1) is 5.92 Å². The van der Waals surface area contributed by atoms with Gasteiger partial charge in [-0.05, 0) is 36.1 Å². The summed E-state index contributed by atoms with van der Waals surface area (Å²) in [5, 5.41) is 7.31. The van der Waals surface area contributed by atoms with E-state index in [0.717, 1.165) is 12.1 Å². The highest BCUT2D eigenvalue weighted by Crippen LogP contribution is 2.08. The third-order valence-corrected chi connectivity index (χ3v) is 5.29. The Kier molecular flexibility index (Phi) is 6.73. The zero-order chi connectivity index (χ0) is 18.3. The molecule has 2 rings (SSSR count). The van der Waals surface area contributed by atoms with Crippen molar-refractivity contribution in [3.05, 3.63) is 65.7 Å². The van der Waals surface area contributed by atoms with E-state index >= 15 is 0 Å². The lowest BCUT2D eigenvalue weighted by molar-refractivity contribution is 0.426. The molecule has 0 aliphatic rings. The Bertz CT molecular complexity index is 785. The molecule has 0 bridgehead atoms. The molecule has 0 radical (unpaired) electrons. The van der Waals surface area contributed by atoms with Crippen molar-refractivity contribution in [3.63, 3.8) is 0 Å². The van der Waals surface area contributed by atoms with Crippen LogP contribution in [-0.2, 0) is 16.6 Å². The number of nitrogens with zero attached hydrogens (tertiary/aromatic N) is 1. The van der Waals surface area contributed by atoms with E-state index in [-0.39, 0.29) is 4.90 Å². The molecule has 0 fully saturated rings. The van der Waals surface area contributed by atoms with Crippen molar-refractivity contribution in [2.24, 2.45) is 11.0 Å². The van der Waals surface area contributed by atoms with Gasteiger partial charge in [0.05, 0.1) is 11.1 Å². The zero-order valence-corrected chi connectivity index (χ0v) is 15.6. The number of nitrogens with one attached hydrogen (secondary N) is 2. The lowest BCUT2D eigenvalue weighted by Crippen LogP contribution is -2.30. The van der Waals surface area contributed by atoms with Gasteiger partial charge in [-0.2, -0.15) is 13.5 Å². The van der Waals surface area contributed by atoms with Crippen LogP contribution in [0.1, 0.15) is 31.9 Å². The van der Waals surface area contributed by atoms with E-state index < -0.39 is 10.0 Å². The maximum absolute atomic E-state index is 12.0. The molecule has 6 heteroatoms. The minimum atomic E-state index is -3.62. The molecule has 5 nitrogen and oxygen atoms in total. The average Bonchev–Trinajstić information content (AvgIpc) is 2.61. The van der Waals surface area contributed by atoms with Gasteiger partial charge in [0, 0.05) is 12.6 Å². The van der Waals surface area contributed by atoms with Crippen LogP contribution < -0.4 is 10.1 Å². The first-order valence-electron chi connectivity index (χ1n) is 8.31. The molecule has 0 saturated carbocycles. The standard InChI is InChI=1S/C19H25N3O2S/c1-15(2)16(3)20-13-17-9-11-18(12-10-17)14-21-22-25(23,24)19-7-5-4-6-8-19/h4-12,14-16,20,22H,13H2,1-3H3/t16-/m0/s1. The number of hydrogen-bond donors (Lipinski definition) is 2. The SMILES string of the molecule is CC(C)[C@H](C)NCc1ccc(C=NNS(=O)(=O)c2ccccc2)cc1. The van der Waals surface area contributed by atoms with Crippen LogP contribution in [0.25, 0.3) is 0 Å². The molecule has 25 heavy (non-hydrogen) atoms. The van der Waals surface area contributed by atoms with E-state index in [2.05, 4.69) is 36.0 Å². The van der Waals surface area contributed by atoms with Gasteiger partial charge in [-0.15, -0.1) is 0 Å². The minimum absolute atomic E-state index is 0.188. The van der Waals surface area contributed by atoms with Crippen molar-refractivity contribution in [1.82, 2.24) is 10.1 Å². The number of benzene rings is 2. The van der Waals surface area contributed by atoms with Crippen LogP contribution >= 0.6 is 0 Å². The third kappa shape index (κ3) is 5.99. The van der Waals surface area contributed by atoms with Crippen molar-refractivity contribution in [2.45, 2.75) is 38.3 Å². The minimum Gasteiger partial charge on any atom is -0.310 e. The molecule has 0 aliphatic carbocycles. The largest absolute Gasteiger partial charge is 0.310 e. The van der Waals surface area contributed by atoms with Gasteiger partial charge in [0.1, 0.15) is 0 Å². The monoisotopic (exact) mass is 359 g/mol. The van der Waals surface area contributed by atoms with Crippen LogP contribution in [0.3, 0.4) is 0 Å². The van der Waals surface area contributed by atoms with Crippen molar-refractivity contribution in [3.8, 4) is 0 Å². The summed E-state index contributed by atoms with van der Waals surface area (Å²) in [6, 6.07) is 16.5. The smallest absolute Gasteiger partial charge is 0.276 e. The highest BCUT2D eigenvalue weighted by atomic mass is 32.2. The molecule has 0 saturated heterocycles. The Hall–Kier alpha value is -2.18. The molecule has 2 aromatic rings. The Morgan fingerprint density at radius 1 is 1.00 bits per heavy atom. The van der Waals surface area contributed by atoms with Crippen molar-refractivity contribution in [1.29, 1.82) is 0 Å². The maximum Gasteiger partial charge on any atom is 0.276 e. The van der Waals surface area contributed by atoms with Crippen molar-refractivity contribution < 1.29 is 8.42 Å². The van der Waals surface area contributed by atoms with E-state index in [9.17, 15) is 8.42 Å². The first kappa shape index (κ1) is 19.1. The highest BCUT2D eigenvalue weighted by Gasteiger charge is 2.11. The van der Waals surface area contributed by atoms with E-state index in [1.165, 1.54) is 23.9 Å². The van der Waals surface area contributed by atoms with Gasteiger partial charge >= 0.3 is 0 Å². The molecule has 0 amide bonds. The fraction of sp³-hybridized carbons (Fsp3) is 0.316. The van der Waals surface area contributed by atoms with Crippen LogP contribution in [0.5, 0.6) is 0 Å². The van der Waals surface area contributed by atoms with Crippen molar-refractivity contribution in [2.75, 3.05) is 0 Å². The van der Waals surface area contributed by atoms with Crippen molar-refractivity contribution >= 4 is 16.2 Å². The number of hydrogen-bond acceptors (Lipinski definition) is 4. The van der Waals surface area contributed by atoms with E-state index in [1.807, 2.05) is 24.3 Å². The number of sulfonamides is 1. The summed E-state index contributed by atoms with van der Waals surface area (Å²) >= 11 is 0. The van der Waals surface area contributed by atoms with Gasteiger partial charge in [-0.3, -0.25) is 0 Å². The van der Waals surface area contributed by atoms with E-state index in [4.69, 9.17) is 0 Å². The first-order valence-corrected chi connectivity index (χ1v) is 9.79. The number of hydrazone groups is 1. The summed E-state index contributed by atoms with van der Waals surface area (Å²) in [5.41, 5.74) is 2.01. The summed E-state index contributed by atoms with van der Waals surface area (Å²) in [6.45, 7) is 7.35. The third-order valence-electron chi connectivity index (χ3n) is 4.05. The van der Waals surface area contributed by atoms with Gasteiger partial charge in [0.15, 0.2) is 0 Å². The van der Waals surface area contributed by atoms with Crippen LogP contribution in [0.4, 0.5) is 0 Å². The van der Waals surface area contributed by atoms with Gasteiger partial charge < -0.3 is 5.32 Å². The van der Waals surface area contributed by atoms with Gasteiger partial charge in [-0.1, -0.05) is 56.3 Å². The quantitative estimate of drug-likeness (QED) is 0.562. The zero-order valence-electron chi connectivity index (χ0n) is 14.8. The summed E-state index contributed by atoms with van der Waals surface area (Å²) < 4.78 is 24.1. The lowest BCUT2D eigenvalue weighted by Gasteiger charge is -2.17. The summed E-state index contributed by atoms with van der Waals surface area (Å²) in [4.78, 5) is 2.41. The number of rotatable bonds is 8. The molecule has 0 spiro atoms. The second-order valence-corrected chi connectivity index (χ2v) is 7.98. The predicted molar refractivity (Wildman–Crippen MR) is 102 cm³/mol. The van der Waals surface area contributed by atoms with Gasteiger partial charge in [0.25, 0.3) is 10.0 Å². The molecule has 0 aromatic heterocycles. The Morgan fingerprint density at radius 2 is 1.64 bits per heavy atom. The molecular weight excluding hydrogens is 334 g/mol. The Morgan fingerprint density at radius 3 is 2.24 bits per heavy atom. The summed E-state index contributed by atoms with van der Waals surface area (Å²) in [6.07, 6.45) is 1.49. The summed E-state index contributed by atoms with van der Waals surface area (Å²) in [5.74, 6) is 0.587. The average molecular weight is 359 g/mol. The molecule has 0 aliphatic heterocycles. The summed E-state index contributed by atoms with van der Waals surface area (Å²) in [7, 11) is -3.62.